The highest BCUT2D eigenvalue weighted by Gasteiger charge is 2.14. The van der Waals surface area contributed by atoms with Gasteiger partial charge in [-0.1, -0.05) is 6.07 Å². The second kappa shape index (κ2) is 6.01. The van der Waals surface area contributed by atoms with Gasteiger partial charge in [0.15, 0.2) is 0 Å². The second-order valence-electron chi connectivity index (χ2n) is 4.95. The Morgan fingerprint density at radius 2 is 1.75 bits per heavy atom. The summed E-state index contributed by atoms with van der Waals surface area (Å²) in [6.07, 6.45) is 0.452. The van der Waals surface area contributed by atoms with Gasteiger partial charge in [0.05, 0.1) is 0 Å². The first-order valence-electron chi connectivity index (χ1n) is 6.51. The number of hydrogen-bond donors (Lipinski definition) is 1. The van der Waals surface area contributed by atoms with Crippen LogP contribution in [0.25, 0.3) is 0 Å². The normalized spacial score (nSPS) is 12.2. The van der Waals surface area contributed by atoms with E-state index in [2.05, 4.69) is 0 Å². The van der Waals surface area contributed by atoms with Crippen LogP contribution in [0.15, 0.2) is 42.5 Å². The minimum Gasteiger partial charge on any atom is -0.344 e. The molecule has 0 fully saturated rings. The molecule has 2 aromatic carbocycles. The summed E-state index contributed by atoms with van der Waals surface area (Å²) < 4.78 is 27.0. The molecule has 0 amide bonds. The largest absolute Gasteiger partial charge is 0.344 e. The van der Waals surface area contributed by atoms with Crippen LogP contribution in [0, 0.1) is 11.6 Å². The SMILES string of the molecule is CC(N)Cc1c(F)cccc1N(C)c1ccc(F)cc1. The van der Waals surface area contributed by atoms with Crippen LogP contribution in [-0.2, 0) is 6.42 Å². The van der Waals surface area contributed by atoms with Crippen molar-refractivity contribution in [1.29, 1.82) is 0 Å². The van der Waals surface area contributed by atoms with Crippen molar-refractivity contribution >= 4 is 11.4 Å². The summed E-state index contributed by atoms with van der Waals surface area (Å²) in [4.78, 5) is 1.83. The highest BCUT2D eigenvalue weighted by atomic mass is 19.1. The molecule has 1 atom stereocenters. The maximum Gasteiger partial charge on any atom is 0.128 e. The van der Waals surface area contributed by atoms with Gasteiger partial charge in [0.1, 0.15) is 11.6 Å². The Hall–Kier alpha value is -1.94. The monoisotopic (exact) mass is 276 g/mol. The lowest BCUT2D eigenvalue weighted by Crippen LogP contribution is -2.21. The standard InChI is InChI=1S/C16H18F2N2/c1-11(19)10-14-15(18)4-3-5-16(14)20(2)13-8-6-12(17)7-9-13/h3-9,11H,10,19H2,1-2H3. The van der Waals surface area contributed by atoms with Gasteiger partial charge in [0.2, 0.25) is 0 Å². The maximum atomic E-state index is 14.0. The summed E-state index contributed by atoms with van der Waals surface area (Å²) in [6.45, 7) is 1.84. The van der Waals surface area contributed by atoms with E-state index in [1.165, 1.54) is 18.2 Å². The predicted molar refractivity (Wildman–Crippen MR) is 78.2 cm³/mol. The molecule has 0 aliphatic carbocycles. The molecule has 0 aliphatic heterocycles. The smallest absolute Gasteiger partial charge is 0.128 e. The molecule has 0 aliphatic rings. The van der Waals surface area contributed by atoms with E-state index in [0.717, 1.165) is 11.4 Å². The first-order valence-corrected chi connectivity index (χ1v) is 6.51. The fourth-order valence-corrected chi connectivity index (χ4v) is 2.19. The van der Waals surface area contributed by atoms with E-state index in [9.17, 15) is 8.78 Å². The van der Waals surface area contributed by atoms with E-state index >= 15 is 0 Å². The molecule has 4 heteroatoms. The van der Waals surface area contributed by atoms with Gasteiger partial charge in [-0.2, -0.15) is 0 Å². The second-order valence-corrected chi connectivity index (χ2v) is 4.95. The molecule has 0 heterocycles. The van der Waals surface area contributed by atoms with E-state index in [-0.39, 0.29) is 17.7 Å². The highest BCUT2D eigenvalue weighted by molar-refractivity contribution is 5.66. The van der Waals surface area contributed by atoms with Crippen molar-refractivity contribution in [3.8, 4) is 0 Å². The number of nitrogens with two attached hydrogens (primary N) is 1. The topological polar surface area (TPSA) is 29.3 Å². The van der Waals surface area contributed by atoms with Crippen LogP contribution in [0.4, 0.5) is 20.2 Å². The van der Waals surface area contributed by atoms with Crippen molar-refractivity contribution in [2.24, 2.45) is 5.73 Å². The zero-order valence-corrected chi connectivity index (χ0v) is 11.6. The average Bonchev–Trinajstić information content (AvgIpc) is 2.41. The highest BCUT2D eigenvalue weighted by Crippen LogP contribution is 2.29. The van der Waals surface area contributed by atoms with Crippen LogP contribution >= 0.6 is 0 Å². The molecular weight excluding hydrogens is 258 g/mol. The molecule has 1 unspecified atom stereocenters. The lowest BCUT2D eigenvalue weighted by molar-refractivity contribution is 0.596. The molecule has 0 radical (unpaired) electrons. The number of hydrogen-bond acceptors (Lipinski definition) is 2. The molecule has 2 nitrogen and oxygen atoms in total. The van der Waals surface area contributed by atoms with Crippen LogP contribution in [0.2, 0.25) is 0 Å². The molecule has 0 aromatic heterocycles. The fourth-order valence-electron chi connectivity index (χ4n) is 2.19. The van der Waals surface area contributed by atoms with Gasteiger partial charge in [-0.3, -0.25) is 0 Å². The molecule has 2 rings (SSSR count). The quantitative estimate of drug-likeness (QED) is 0.924. The van der Waals surface area contributed by atoms with Crippen molar-refractivity contribution in [1.82, 2.24) is 0 Å². The third-order valence-corrected chi connectivity index (χ3v) is 3.20. The summed E-state index contributed by atoms with van der Waals surface area (Å²) >= 11 is 0. The van der Waals surface area contributed by atoms with Gasteiger partial charge in [-0.25, -0.2) is 8.78 Å². The predicted octanol–water partition coefficient (Wildman–Crippen LogP) is 3.62. The zero-order valence-electron chi connectivity index (χ0n) is 11.6. The molecule has 0 spiro atoms. The maximum absolute atomic E-state index is 14.0. The van der Waals surface area contributed by atoms with Crippen molar-refractivity contribution in [2.75, 3.05) is 11.9 Å². The lowest BCUT2D eigenvalue weighted by atomic mass is 10.0. The van der Waals surface area contributed by atoms with Crippen molar-refractivity contribution in [3.63, 3.8) is 0 Å². The van der Waals surface area contributed by atoms with E-state index in [1.807, 2.05) is 24.9 Å². The van der Waals surface area contributed by atoms with Gasteiger partial charge in [0, 0.05) is 30.0 Å². The molecular formula is C16H18F2N2. The molecule has 0 bridgehead atoms. The van der Waals surface area contributed by atoms with Crippen LogP contribution in [-0.4, -0.2) is 13.1 Å². The minimum atomic E-state index is -0.294. The summed E-state index contributed by atoms with van der Waals surface area (Å²) in [6, 6.07) is 10.9. The third kappa shape index (κ3) is 3.14. The van der Waals surface area contributed by atoms with E-state index in [0.29, 0.717) is 12.0 Å². The first kappa shape index (κ1) is 14.5. The Morgan fingerprint density at radius 3 is 2.35 bits per heavy atom. The Kier molecular flexibility index (Phi) is 4.35. The zero-order chi connectivity index (χ0) is 14.7. The molecule has 0 saturated heterocycles. The number of anilines is 2. The summed E-state index contributed by atoms with van der Waals surface area (Å²) in [5.74, 6) is -0.564. The Bertz CT molecular complexity index is 580. The van der Waals surface area contributed by atoms with E-state index in [1.54, 1.807) is 18.2 Å². The van der Waals surface area contributed by atoms with Crippen molar-refractivity contribution in [3.05, 3.63) is 59.7 Å². The van der Waals surface area contributed by atoms with Crippen molar-refractivity contribution < 1.29 is 8.78 Å². The van der Waals surface area contributed by atoms with E-state index < -0.39 is 0 Å². The number of rotatable bonds is 4. The summed E-state index contributed by atoms with van der Waals surface area (Å²) in [5.41, 5.74) is 7.90. The number of nitrogens with zero attached hydrogens (tertiary/aromatic N) is 1. The van der Waals surface area contributed by atoms with Crippen LogP contribution < -0.4 is 10.6 Å². The number of halogens is 2. The molecule has 0 saturated carbocycles. The van der Waals surface area contributed by atoms with Crippen molar-refractivity contribution in [2.45, 2.75) is 19.4 Å². The third-order valence-electron chi connectivity index (χ3n) is 3.20. The van der Waals surface area contributed by atoms with Gasteiger partial charge in [-0.05, 0) is 49.7 Å². The van der Waals surface area contributed by atoms with Gasteiger partial charge in [-0.15, -0.1) is 0 Å². The van der Waals surface area contributed by atoms with Gasteiger partial charge in [0.25, 0.3) is 0 Å². The number of benzene rings is 2. The molecule has 106 valence electrons. The molecule has 2 N–H and O–H groups in total. The fraction of sp³-hybridized carbons (Fsp3) is 0.250. The molecule has 2 aromatic rings. The molecule has 20 heavy (non-hydrogen) atoms. The van der Waals surface area contributed by atoms with Gasteiger partial charge >= 0.3 is 0 Å². The lowest BCUT2D eigenvalue weighted by Gasteiger charge is -2.23. The minimum absolute atomic E-state index is 0.132. The summed E-state index contributed by atoms with van der Waals surface area (Å²) in [5, 5.41) is 0. The van der Waals surface area contributed by atoms with Gasteiger partial charge < -0.3 is 10.6 Å². The Balaban J connectivity index is 2.41. The Labute approximate surface area is 117 Å². The van der Waals surface area contributed by atoms with Crippen LogP contribution in [0.5, 0.6) is 0 Å². The summed E-state index contributed by atoms with van der Waals surface area (Å²) in [7, 11) is 1.83. The van der Waals surface area contributed by atoms with E-state index in [4.69, 9.17) is 5.73 Å². The first-order chi connectivity index (χ1) is 9.49. The Morgan fingerprint density at radius 1 is 1.10 bits per heavy atom. The van der Waals surface area contributed by atoms with Crippen LogP contribution in [0.3, 0.4) is 0 Å². The average molecular weight is 276 g/mol. The van der Waals surface area contributed by atoms with Crippen LogP contribution in [0.1, 0.15) is 12.5 Å².